The van der Waals surface area contributed by atoms with Gasteiger partial charge in [0.1, 0.15) is 11.6 Å². The number of halogens is 1. The second kappa shape index (κ2) is 10.3. The van der Waals surface area contributed by atoms with Crippen molar-refractivity contribution in [3.05, 3.63) is 95.6 Å². The molecule has 7 heteroatoms. The number of nitrogens with zero attached hydrogens (tertiary/aromatic N) is 5. The molecule has 0 radical (unpaired) electrons. The average Bonchev–Trinajstić information content (AvgIpc) is 3.28. The molecule has 1 aliphatic heterocycles. The first-order chi connectivity index (χ1) is 17.1. The summed E-state index contributed by atoms with van der Waals surface area (Å²) in [6.45, 7) is 7.11. The SMILES string of the molecule is COc1ccc(N2CCN(Cc3nc(-c4ccc(C)cc4)n(Cc4ccc(F)cc4)n3)CC2)cc1. The highest BCUT2D eigenvalue weighted by Gasteiger charge is 2.20. The molecule has 5 rings (SSSR count). The second-order valence-corrected chi connectivity index (χ2v) is 8.96. The molecule has 1 saturated heterocycles. The van der Waals surface area contributed by atoms with Crippen molar-refractivity contribution < 1.29 is 9.13 Å². The van der Waals surface area contributed by atoms with Crippen molar-refractivity contribution in [2.75, 3.05) is 38.2 Å². The van der Waals surface area contributed by atoms with Crippen molar-refractivity contribution in [1.82, 2.24) is 19.7 Å². The molecule has 4 aromatic rings. The number of ether oxygens (including phenoxy) is 1. The molecule has 180 valence electrons. The maximum absolute atomic E-state index is 13.4. The van der Waals surface area contributed by atoms with Gasteiger partial charge in [0.15, 0.2) is 11.6 Å². The summed E-state index contributed by atoms with van der Waals surface area (Å²) in [5.74, 6) is 2.28. The Hall–Kier alpha value is -3.71. The molecule has 1 aliphatic rings. The Bertz CT molecular complexity index is 1240. The van der Waals surface area contributed by atoms with E-state index in [9.17, 15) is 4.39 Å². The van der Waals surface area contributed by atoms with Crippen LogP contribution in [0.4, 0.5) is 10.1 Å². The highest BCUT2D eigenvalue weighted by molar-refractivity contribution is 5.56. The molecule has 0 spiro atoms. The molecule has 0 amide bonds. The zero-order valence-corrected chi connectivity index (χ0v) is 20.2. The van der Waals surface area contributed by atoms with Gasteiger partial charge < -0.3 is 9.64 Å². The van der Waals surface area contributed by atoms with Gasteiger partial charge in [-0.2, -0.15) is 5.10 Å². The second-order valence-electron chi connectivity index (χ2n) is 8.96. The predicted octanol–water partition coefficient (Wildman–Crippen LogP) is 4.77. The van der Waals surface area contributed by atoms with E-state index < -0.39 is 0 Å². The Labute approximate surface area is 205 Å². The molecule has 35 heavy (non-hydrogen) atoms. The first-order valence-electron chi connectivity index (χ1n) is 11.9. The number of anilines is 1. The average molecular weight is 472 g/mol. The van der Waals surface area contributed by atoms with E-state index in [1.807, 2.05) is 16.8 Å². The number of hydrogen-bond acceptors (Lipinski definition) is 5. The van der Waals surface area contributed by atoms with Crippen LogP contribution in [0.25, 0.3) is 11.4 Å². The summed E-state index contributed by atoms with van der Waals surface area (Å²) < 4.78 is 20.6. The van der Waals surface area contributed by atoms with Crippen LogP contribution in [0.3, 0.4) is 0 Å². The highest BCUT2D eigenvalue weighted by atomic mass is 19.1. The zero-order chi connectivity index (χ0) is 24.2. The van der Waals surface area contributed by atoms with E-state index in [1.54, 1.807) is 19.2 Å². The number of hydrogen-bond donors (Lipinski definition) is 0. The minimum absolute atomic E-state index is 0.236. The van der Waals surface area contributed by atoms with Crippen LogP contribution in [0, 0.1) is 12.7 Å². The summed E-state index contributed by atoms with van der Waals surface area (Å²) >= 11 is 0. The van der Waals surface area contributed by atoms with Gasteiger partial charge in [0, 0.05) is 37.4 Å². The topological polar surface area (TPSA) is 46.4 Å². The van der Waals surface area contributed by atoms with Gasteiger partial charge in [-0.25, -0.2) is 14.1 Å². The van der Waals surface area contributed by atoms with Crippen LogP contribution in [0.15, 0.2) is 72.8 Å². The van der Waals surface area contributed by atoms with Gasteiger partial charge in [-0.1, -0.05) is 42.0 Å². The molecular weight excluding hydrogens is 441 g/mol. The lowest BCUT2D eigenvalue weighted by Gasteiger charge is -2.35. The molecule has 1 fully saturated rings. The number of methoxy groups -OCH3 is 1. The van der Waals surface area contributed by atoms with Gasteiger partial charge in [-0.3, -0.25) is 4.90 Å². The third kappa shape index (κ3) is 5.52. The van der Waals surface area contributed by atoms with Gasteiger partial charge in [0.2, 0.25) is 0 Å². The quantitative estimate of drug-likeness (QED) is 0.389. The van der Waals surface area contributed by atoms with E-state index >= 15 is 0 Å². The summed E-state index contributed by atoms with van der Waals surface area (Å²) in [6.07, 6.45) is 0. The van der Waals surface area contributed by atoms with E-state index in [0.717, 1.165) is 54.7 Å². The van der Waals surface area contributed by atoms with Crippen LogP contribution in [-0.2, 0) is 13.1 Å². The van der Waals surface area contributed by atoms with Crippen LogP contribution < -0.4 is 9.64 Å². The van der Waals surface area contributed by atoms with Crippen LogP contribution in [0.2, 0.25) is 0 Å². The van der Waals surface area contributed by atoms with Crippen LogP contribution in [0.1, 0.15) is 17.0 Å². The van der Waals surface area contributed by atoms with Gasteiger partial charge >= 0.3 is 0 Å². The maximum atomic E-state index is 13.4. The predicted molar refractivity (Wildman–Crippen MR) is 136 cm³/mol. The van der Waals surface area contributed by atoms with Crippen molar-refractivity contribution in [2.24, 2.45) is 0 Å². The monoisotopic (exact) mass is 471 g/mol. The molecule has 3 aromatic carbocycles. The van der Waals surface area contributed by atoms with Crippen LogP contribution in [-0.4, -0.2) is 53.0 Å². The highest BCUT2D eigenvalue weighted by Crippen LogP contribution is 2.23. The first-order valence-corrected chi connectivity index (χ1v) is 11.9. The number of benzene rings is 3. The maximum Gasteiger partial charge on any atom is 0.165 e. The summed E-state index contributed by atoms with van der Waals surface area (Å²) in [5, 5.41) is 4.86. The lowest BCUT2D eigenvalue weighted by atomic mass is 10.1. The lowest BCUT2D eigenvalue weighted by Crippen LogP contribution is -2.46. The molecule has 0 atom stereocenters. The van der Waals surface area contributed by atoms with E-state index in [1.165, 1.54) is 23.4 Å². The molecule has 0 saturated carbocycles. The Balaban J connectivity index is 1.30. The van der Waals surface area contributed by atoms with Crippen molar-refractivity contribution in [2.45, 2.75) is 20.0 Å². The summed E-state index contributed by atoms with van der Waals surface area (Å²) in [7, 11) is 1.69. The standard InChI is InChI=1S/C28H30FN5O/c1-21-3-7-23(8-4-21)28-30-27(31-34(28)19-22-5-9-24(29)10-6-22)20-32-15-17-33(18-16-32)25-11-13-26(35-2)14-12-25/h3-14H,15-20H2,1-2H3. The summed E-state index contributed by atoms with van der Waals surface area (Å²) in [4.78, 5) is 9.72. The number of aromatic nitrogens is 3. The van der Waals surface area contributed by atoms with Crippen molar-refractivity contribution in [3.63, 3.8) is 0 Å². The van der Waals surface area contributed by atoms with Crippen LogP contribution in [0.5, 0.6) is 5.75 Å². The minimum Gasteiger partial charge on any atom is -0.497 e. The Morgan fingerprint density at radius 3 is 2.17 bits per heavy atom. The fourth-order valence-corrected chi connectivity index (χ4v) is 4.40. The largest absolute Gasteiger partial charge is 0.497 e. The Morgan fingerprint density at radius 1 is 0.829 bits per heavy atom. The van der Waals surface area contributed by atoms with Gasteiger partial charge in [0.25, 0.3) is 0 Å². The molecular formula is C28H30FN5O. The molecule has 1 aromatic heterocycles. The smallest absolute Gasteiger partial charge is 0.165 e. The van der Waals surface area contributed by atoms with Crippen LogP contribution >= 0.6 is 0 Å². The van der Waals surface area contributed by atoms with E-state index in [0.29, 0.717) is 13.1 Å². The number of piperazine rings is 1. The van der Waals surface area contributed by atoms with Gasteiger partial charge in [-0.15, -0.1) is 0 Å². The minimum atomic E-state index is -0.236. The number of aryl methyl sites for hydroxylation is 1. The normalized spacial score (nSPS) is 14.3. The van der Waals surface area contributed by atoms with E-state index in [-0.39, 0.29) is 5.82 Å². The fraction of sp³-hybridized carbons (Fsp3) is 0.286. The Kier molecular flexibility index (Phi) is 6.77. The molecule has 0 N–H and O–H groups in total. The first kappa shape index (κ1) is 23.1. The molecule has 0 aliphatic carbocycles. The van der Waals surface area contributed by atoms with E-state index in [2.05, 4.69) is 53.1 Å². The fourth-order valence-electron chi connectivity index (χ4n) is 4.40. The van der Waals surface area contributed by atoms with Gasteiger partial charge in [-0.05, 0) is 48.9 Å². The molecule has 6 nitrogen and oxygen atoms in total. The molecule has 2 heterocycles. The zero-order valence-electron chi connectivity index (χ0n) is 20.2. The summed E-state index contributed by atoms with van der Waals surface area (Å²) in [5.41, 5.74) is 4.44. The lowest BCUT2D eigenvalue weighted by molar-refractivity contribution is 0.244. The third-order valence-electron chi connectivity index (χ3n) is 6.45. The van der Waals surface area contributed by atoms with E-state index in [4.69, 9.17) is 14.8 Å². The summed E-state index contributed by atoms with van der Waals surface area (Å²) in [6, 6.07) is 23.1. The Morgan fingerprint density at radius 2 is 1.51 bits per heavy atom. The molecule has 0 bridgehead atoms. The van der Waals surface area contributed by atoms with Crippen molar-refractivity contribution >= 4 is 5.69 Å². The number of rotatable bonds is 7. The third-order valence-corrected chi connectivity index (χ3v) is 6.45. The van der Waals surface area contributed by atoms with Gasteiger partial charge in [0.05, 0.1) is 20.2 Å². The van der Waals surface area contributed by atoms with Crippen molar-refractivity contribution in [1.29, 1.82) is 0 Å². The molecule has 0 unspecified atom stereocenters. The van der Waals surface area contributed by atoms with Crippen molar-refractivity contribution in [3.8, 4) is 17.1 Å².